The average molecular weight is 231 g/mol. The third-order valence-corrected chi connectivity index (χ3v) is 3.43. The molecule has 2 aromatic rings. The fourth-order valence-corrected chi connectivity index (χ4v) is 2.55. The van der Waals surface area contributed by atoms with Crippen LogP contribution in [0.2, 0.25) is 4.34 Å². The summed E-state index contributed by atoms with van der Waals surface area (Å²) in [5, 5.41) is 3.92. The van der Waals surface area contributed by atoms with Gasteiger partial charge in [-0.2, -0.15) is 0 Å². The van der Waals surface area contributed by atoms with Crippen LogP contribution in [0.4, 0.5) is 0 Å². The molecule has 1 unspecified atom stereocenters. The smallest absolute Gasteiger partial charge is 0.0931 e. The van der Waals surface area contributed by atoms with Crippen molar-refractivity contribution in [3.63, 3.8) is 0 Å². The molecule has 2 rings (SSSR count). The molecule has 5 heteroatoms. The maximum atomic E-state index is 5.97. The fourth-order valence-electron chi connectivity index (χ4n) is 1.03. The minimum absolute atomic E-state index is 0.144. The van der Waals surface area contributed by atoms with Gasteiger partial charge in [0.25, 0.3) is 0 Å². The maximum Gasteiger partial charge on any atom is 0.0931 e. The van der Waals surface area contributed by atoms with Crippen molar-refractivity contribution in [1.29, 1.82) is 0 Å². The minimum atomic E-state index is -0.144. The van der Waals surface area contributed by atoms with Gasteiger partial charge in [-0.05, 0) is 17.0 Å². The Bertz CT molecular complexity index is 383. The quantitative estimate of drug-likeness (QED) is 0.862. The number of hydrogen-bond donors (Lipinski definition) is 1. The Labute approximate surface area is 89.0 Å². The molecule has 0 radical (unpaired) electrons. The number of halogens is 1. The van der Waals surface area contributed by atoms with Gasteiger partial charge in [-0.3, -0.25) is 0 Å². The van der Waals surface area contributed by atoms with Crippen molar-refractivity contribution in [3.05, 3.63) is 37.9 Å². The van der Waals surface area contributed by atoms with Gasteiger partial charge in [0.05, 0.1) is 21.6 Å². The summed E-state index contributed by atoms with van der Waals surface area (Å²) >= 11 is 8.85. The Balaban J connectivity index is 2.28. The van der Waals surface area contributed by atoms with E-state index < -0.39 is 0 Å². The van der Waals surface area contributed by atoms with Crippen LogP contribution in [0, 0.1) is 0 Å². The highest BCUT2D eigenvalue weighted by Gasteiger charge is 2.11. The van der Waals surface area contributed by atoms with E-state index in [1.165, 1.54) is 11.3 Å². The monoisotopic (exact) mass is 230 g/mol. The van der Waals surface area contributed by atoms with E-state index in [0.29, 0.717) is 0 Å². The van der Waals surface area contributed by atoms with E-state index in [0.717, 1.165) is 15.6 Å². The lowest BCUT2D eigenvalue weighted by atomic mass is 10.1. The molecule has 2 heterocycles. The molecule has 0 saturated carbocycles. The van der Waals surface area contributed by atoms with E-state index in [9.17, 15) is 0 Å². The molecule has 68 valence electrons. The highest BCUT2D eigenvalue weighted by molar-refractivity contribution is 7.14. The second-order valence-electron chi connectivity index (χ2n) is 2.58. The summed E-state index contributed by atoms with van der Waals surface area (Å²) in [6.45, 7) is 0. The van der Waals surface area contributed by atoms with Crippen LogP contribution >= 0.6 is 34.3 Å². The van der Waals surface area contributed by atoms with Crippen LogP contribution in [0.25, 0.3) is 0 Å². The SMILES string of the molecule is NC(c1csc(Cl)c1)c1cscn1. The fraction of sp³-hybridized carbons (Fsp3) is 0.125. The van der Waals surface area contributed by atoms with E-state index in [1.807, 2.05) is 16.8 Å². The summed E-state index contributed by atoms with van der Waals surface area (Å²) < 4.78 is 0.765. The Hall–Kier alpha value is -0.420. The van der Waals surface area contributed by atoms with Gasteiger partial charge in [0.2, 0.25) is 0 Å². The van der Waals surface area contributed by atoms with Crippen LogP contribution < -0.4 is 5.73 Å². The molecule has 0 aromatic carbocycles. The van der Waals surface area contributed by atoms with E-state index in [1.54, 1.807) is 16.8 Å². The molecule has 0 bridgehead atoms. The number of aromatic nitrogens is 1. The van der Waals surface area contributed by atoms with Gasteiger partial charge < -0.3 is 5.73 Å². The Morgan fingerprint density at radius 2 is 2.31 bits per heavy atom. The van der Waals surface area contributed by atoms with Crippen LogP contribution in [0.15, 0.2) is 22.3 Å². The van der Waals surface area contributed by atoms with E-state index in [4.69, 9.17) is 17.3 Å². The van der Waals surface area contributed by atoms with Gasteiger partial charge in [0.15, 0.2) is 0 Å². The maximum absolute atomic E-state index is 5.97. The molecule has 0 spiro atoms. The van der Waals surface area contributed by atoms with Crippen molar-refractivity contribution in [2.45, 2.75) is 6.04 Å². The molecule has 0 fully saturated rings. The lowest BCUT2D eigenvalue weighted by molar-refractivity contribution is 0.843. The number of rotatable bonds is 2. The number of nitrogens with zero attached hydrogens (tertiary/aromatic N) is 1. The summed E-state index contributed by atoms with van der Waals surface area (Å²) in [4.78, 5) is 4.16. The molecule has 0 aliphatic carbocycles. The molecule has 0 aliphatic heterocycles. The first kappa shape index (κ1) is 9.15. The first-order chi connectivity index (χ1) is 6.27. The van der Waals surface area contributed by atoms with Crippen molar-refractivity contribution in [2.75, 3.05) is 0 Å². The highest BCUT2D eigenvalue weighted by atomic mass is 35.5. The van der Waals surface area contributed by atoms with Crippen LogP contribution in [0.5, 0.6) is 0 Å². The molecule has 1 atom stereocenters. The summed E-state index contributed by atoms with van der Waals surface area (Å²) in [5.41, 5.74) is 9.68. The predicted molar refractivity (Wildman–Crippen MR) is 57.5 cm³/mol. The zero-order chi connectivity index (χ0) is 9.26. The molecule has 0 saturated heterocycles. The van der Waals surface area contributed by atoms with Gasteiger partial charge in [-0.15, -0.1) is 22.7 Å². The number of hydrogen-bond acceptors (Lipinski definition) is 4. The van der Waals surface area contributed by atoms with E-state index >= 15 is 0 Å². The zero-order valence-electron chi connectivity index (χ0n) is 6.61. The van der Waals surface area contributed by atoms with E-state index in [-0.39, 0.29) is 6.04 Å². The van der Waals surface area contributed by atoms with Crippen LogP contribution in [0.3, 0.4) is 0 Å². The number of nitrogens with two attached hydrogens (primary N) is 1. The molecule has 0 aliphatic rings. The second-order valence-corrected chi connectivity index (χ2v) is 4.84. The zero-order valence-corrected chi connectivity index (χ0v) is 8.99. The lowest BCUT2D eigenvalue weighted by Gasteiger charge is -2.04. The molecule has 13 heavy (non-hydrogen) atoms. The normalized spacial score (nSPS) is 13.1. The average Bonchev–Trinajstić information content (AvgIpc) is 2.72. The first-order valence-corrected chi connectivity index (χ1v) is 5.85. The third-order valence-electron chi connectivity index (χ3n) is 1.72. The molecular formula is C8H7ClN2S2. The van der Waals surface area contributed by atoms with Gasteiger partial charge in [0.1, 0.15) is 0 Å². The van der Waals surface area contributed by atoms with Gasteiger partial charge in [-0.25, -0.2) is 4.98 Å². The lowest BCUT2D eigenvalue weighted by Crippen LogP contribution is -2.10. The predicted octanol–water partition coefficient (Wildman–Crippen LogP) is 2.91. The largest absolute Gasteiger partial charge is 0.319 e. The number of thiazole rings is 1. The summed E-state index contributed by atoms with van der Waals surface area (Å²) in [5.74, 6) is 0. The van der Waals surface area contributed by atoms with Crippen molar-refractivity contribution in [1.82, 2.24) is 4.98 Å². The molecular weight excluding hydrogens is 224 g/mol. The topological polar surface area (TPSA) is 38.9 Å². The van der Waals surface area contributed by atoms with Gasteiger partial charge in [0, 0.05) is 5.38 Å². The number of thiophene rings is 1. The molecule has 2 nitrogen and oxygen atoms in total. The molecule has 2 N–H and O–H groups in total. The van der Waals surface area contributed by atoms with Gasteiger partial charge in [-0.1, -0.05) is 11.6 Å². The molecule has 2 aromatic heterocycles. The minimum Gasteiger partial charge on any atom is -0.319 e. The van der Waals surface area contributed by atoms with Crippen molar-refractivity contribution in [3.8, 4) is 0 Å². The Morgan fingerprint density at radius 3 is 2.85 bits per heavy atom. The third kappa shape index (κ3) is 1.91. The summed E-state index contributed by atoms with van der Waals surface area (Å²) in [7, 11) is 0. The highest BCUT2D eigenvalue weighted by Crippen LogP contribution is 2.27. The van der Waals surface area contributed by atoms with Crippen molar-refractivity contribution >= 4 is 34.3 Å². The Morgan fingerprint density at radius 1 is 1.46 bits per heavy atom. The van der Waals surface area contributed by atoms with E-state index in [2.05, 4.69) is 4.98 Å². The Kier molecular flexibility index (Phi) is 2.64. The van der Waals surface area contributed by atoms with Crippen molar-refractivity contribution in [2.24, 2.45) is 5.73 Å². The second kappa shape index (κ2) is 3.75. The standard InChI is InChI=1S/C8H7ClN2S2/c9-7-1-5(2-13-7)8(10)6-3-12-4-11-6/h1-4,8H,10H2. The van der Waals surface area contributed by atoms with Crippen molar-refractivity contribution < 1.29 is 0 Å². The molecule has 0 amide bonds. The summed E-state index contributed by atoms with van der Waals surface area (Å²) in [6.07, 6.45) is 0. The van der Waals surface area contributed by atoms with Gasteiger partial charge >= 0.3 is 0 Å². The first-order valence-electron chi connectivity index (χ1n) is 3.65. The summed E-state index contributed by atoms with van der Waals surface area (Å²) in [6, 6.07) is 1.74. The van der Waals surface area contributed by atoms with Crippen LogP contribution in [-0.2, 0) is 0 Å². The van der Waals surface area contributed by atoms with Crippen LogP contribution in [-0.4, -0.2) is 4.98 Å². The van der Waals surface area contributed by atoms with Crippen LogP contribution in [0.1, 0.15) is 17.3 Å².